The SMILES string of the molecule is CCC(=N)/N=C\NC(c1ccccc1)(c1ccccc1)c1ccccc1. The molecule has 0 aliphatic carbocycles. The second-order valence-electron chi connectivity index (χ2n) is 6.05. The summed E-state index contributed by atoms with van der Waals surface area (Å²) in [4.78, 5) is 4.25. The van der Waals surface area contributed by atoms with E-state index in [0.29, 0.717) is 12.3 Å². The standard InChI is InChI=1S/C23H23N3/c1-2-22(24)25-18-26-23(19-12-6-3-7-13-19,20-14-8-4-9-15-20)21-16-10-5-11-17-21/h3-18H,2H2,1H3,(H2,24,25,26). The van der Waals surface area contributed by atoms with Gasteiger partial charge in [-0.15, -0.1) is 0 Å². The summed E-state index contributed by atoms with van der Waals surface area (Å²) in [6, 6.07) is 31.0. The van der Waals surface area contributed by atoms with Crippen LogP contribution in [0.25, 0.3) is 0 Å². The number of benzene rings is 3. The first kappa shape index (κ1) is 17.6. The van der Waals surface area contributed by atoms with Crippen LogP contribution >= 0.6 is 0 Å². The zero-order chi connectivity index (χ0) is 18.2. The minimum absolute atomic E-state index is 0.348. The van der Waals surface area contributed by atoms with Crippen molar-refractivity contribution in [3.8, 4) is 0 Å². The van der Waals surface area contributed by atoms with E-state index >= 15 is 0 Å². The van der Waals surface area contributed by atoms with Crippen molar-refractivity contribution in [1.82, 2.24) is 5.32 Å². The largest absolute Gasteiger partial charge is 0.359 e. The summed E-state index contributed by atoms with van der Waals surface area (Å²) in [7, 11) is 0. The molecule has 3 rings (SSSR count). The maximum atomic E-state index is 7.82. The molecule has 0 fully saturated rings. The molecule has 26 heavy (non-hydrogen) atoms. The van der Waals surface area contributed by atoms with E-state index in [1.165, 1.54) is 0 Å². The zero-order valence-electron chi connectivity index (χ0n) is 14.9. The highest BCUT2D eigenvalue weighted by Crippen LogP contribution is 2.36. The van der Waals surface area contributed by atoms with Crippen LogP contribution in [-0.2, 0) is 5.54 Å². The van der Waals surface area contributed by atoms with Crippen LogP contribution < -0.4 is 5.32 Å². The Bertz CT molecular complexity index is 759. The van der Waals surface area contributed by atoms with E-state index in [0.717, 1.165) is 16.7 Å². The van der Waals surface area contributed by atoms with Crippen LogP contribution in [0.3, 0.4) is 0 Å². The van der Waals surface area contributed by atoms with E-state index in [9.17, 15) is 0 Å². The van der Waals surface area contributed by atoms with Crippen LogP contribution in [0.2, 0.25) is 0 Å². The van der Waals surface area contributed by atoms with Crippen LogP contribution in [0.5, 0.6) is 0 Å². The molecule has 3 heteroatoms. The van der Waals surface area contributed by atoms with Gasteiger partial charge in [0, 0.05) is 6.42 Å². The van der Waals surface area contributed by atoms with Gasteiger partial charge in [-0.1, -0.05) is 97.9 Å². The Hall–Kier alpha value is -3.20. The molecular weight excluding hydrogens is 318 g/mol. The first-order chi connectivity index (χ1) is 12.8. The second-order valence-corrected chi connectivity index (χ2v) is 6.05. The van der Waals surface area contributed by atoms with E-state index in [2.05, 4.69) is 46.7 Å². The van der Waals surface area contributed by atoms with Crippen molar-refractivity contribution >= 4 is 12.2 Å². The fourth-order valence-corrected chi connectivity index (χ4v) is 3.11. The van der Waals surface area contributed by atoms with Crippen molar-refractivity contribution < 1.29 is 0 Å². The average molecular weight is 341 g/mol. The smallest absolute Gasteiger partial charge is 0.121 e. The number of aliphatic imine (C=N–C) groups is 1. The third-order valence-corrected chi connectivity index (χ3v) is 4.46. The predicted molar refractivity (Wildman–Crippen MR) is 109 cm³/mol. The molecule has 0 bridgehead atoms. The molecule has 0 aromatic heterocycles. The molecule has 0 heterocycles. The molecule has 3 nitrogen and oxygen atoms in total. The number of hydrogen-bond donors (Lipinski definition) is 2. The summed E-state index contributed by atoms with van der Waals surface area (Å²) in [6.45, 7) is 1.93. The van der Waals surface area contributed by atoms with Gasteiger partial charge in [-0.05, 0) is 16.7 Å². The van der Waals surface area contributed by atoms with Gasteiger partial charge in [0.15, 0.2) is 0 Å². The Morgan fingerprint density at radius 2 is 1.19 bits per heavy atom. The van der Waals surface area contributed by atoms with Gasteiger partial charge < -0.3 is 5.32 Å². The second kappa shape index (κ2) is 8.26. The van der Waals surface area contributed by atoms with Crippen molar-refractivity contribution in [2.45, 2.75) is 18.9 Å². The maximum Gasteiger partial charge on any atom is 0.121 e. The lowest BCUT2D eigenvalue weighted by Gasteiger charge is -2.36. The van der Waals surface area contributed by atoms with Gasteiger partial charge in [0.05, 0.1) is 6.34 Å². The summed E-state index contributed by atoms with van der Waals surface area (Å²) in [5.41, 5.74) is 2.77. The van der Waals surface area contributed by atoms with E-state index < -0.39 is 5.54 Å². The molecule has 0 aliphatic rings. The topological polar surface area (TPSA) is 48.2 Å². The molecule has 3 aromatic carbocycles. The highest BCUT2D eigenvalue weighted by Gasteiger charge is 2.35. The molecule has 0 atom stereocenters. The Balaban J connectivity index is 2.21. The Morgan fingerprint density at radius 3 is 1.54 bits per heavy atom. The van der Waals surface area contributed by atoms with Crippen LogP contribution in [0.15, 0.2) is 96.0 Å². The summed E-state index contributed by atoms with van der Waals surface area (Å²) >= 11 is 0. The van der Waals surface area contributed by atoms with E-state index in [-0.39, 0.29) is 0 Å². The molecular formula is C23H23N3. The van der Waals surface area contributed by atoms with Gasteiger partial charge in [-0.2, -0.15) is 0 Å². The Kier molecular flexibility index (Phi) is 5.59. The quantitative estimate of drug-likeness (QED) is 0.371. The Labute approximate surface area is 155 Å². The van der Waals surface area contributed by atoms with Gasteiger partial charge in [-0.25, -0.2) is 4.99 Å². The molecule has 130 valence electrons. The third kappa shape index (κ3) is 3.57. The molecule has 0 saturated heterocycles. The number of rotatable bonds is 6. The Morgan fingerprint density at radius 1 is 0.808 bits per heavy atom. The van der Waals surface area contributed by atoms with Crippen molar-refractivity contribution in [2.75, 3.05) is 0 Å². The van der Waals surface area contributed by atoms with Gasteiger partial charge in [0.2, 0.25) is 0 Å². The molecule has 0 amide bonds. The average Bonchev–Trinajstić information content (AvgIpc) is 2.73. The lowest BCUT2D eigenvalue weighted by molar-refractivity contribution is 0.581. The summed E-state index contributed by atoms with van der Waals surface area (Å²) in [5.74, 6) is 0.348. The number of hydrogen-bond acceptors (Lipinski definition) is 1. The third-order valence-electron chi connectivity index (χ3n) is 4.46. The molecule has 0 unspecified atom stereocenters. The van der Waals surface area contributed by atoms with E-state index in [1.54, 1.807) is 6.34 Å². The van der Waals surface area contributed by atoms with Gasteiger partial charge in [0.1, 0.15) is 11.4 Å². The van der Waals surface area contributed by atoms with E-state index in [4.69, 9.17) is 5.41 Å². The zero-order valence-corrected chi connectivity index (χ0v) is 14.9. The first-order valence-corrected chi connectivity index (χ1v) is 8.81. The van der Waals surface area contributed by atoms with Gasteiger partial charge >= 0.3 is 0 Å². The summed E-state index contributed by atoms with van der Waals surface area (Å²) in [5, 5.41) is 11.3. The minimum Gasteiger partial charge on any atom is -0.359 e. The maximum absolute atomic E-state index is 7.82. The van der Waals surface area contributed by atoms with Crippen molar-refractivity contribution in [3.05, 3.63) is 108 Å². The van der Waals surface area contributed by atoms with Gasteiger partial charge in [-0.3, -0.25) is 5.41 Å². The van der Waals surface area contributed by atoms with Crippen LogP contribution in [0, 0.1) is 5.41 Å². The first-order valence-electron chi connectivity index (χ1n) is 8.81. The molecule has 3 aromatic rings. The lowest BCUT2D eigenvalue weighted by atomic mass is 9.77. The van der Waals surface area contributed by atoms with Crippen LogP contribution in [0.4, 0.5) is 0 Å². The molecule has 0 aliphatic heterocycles. The monoisotopic (exact) mass is 341 g/mol. The van der Waals surface area contributed by atoms with Crippen LogP contribution in [0.1, 0.15) is 30.0 Å². The molecule has 0 saturated carbocycles. The molecule has 0 radical (unpaired) electrons. The molecule has 0 spiro atoms. The van der Waals surface area contributed by atoms with Gasteiger partial charge in [0.25, 0.3) is 0 Å². The van der Waals surface area contributed by atoms with Crippen molar-refractivity contribution in [2.24, 2.45) is 4.99 Å². The summed E-state index contributed by atoms with van der Waals surface area (Å²) < 4.78 is 0. The minimum atomic E-state index is -0.582. The van der Waals surface area contributed by atoms with Crippen molar-refractivity contribution in [3.63, 3.8) is 0 Å². The predicted octanol–water partition coefficient (Wildman–Crippen LogP) is 4.98. The van der Waals surface area contributed by atoms with Crippen LogP contribution in [-0.4, -0.2) is 12.2 Å². The molecule has 2 N–H and O–H groups in total. The highest BCUT2D eigenvalue weighted by molar-refractivity contribution is 5.86. The normalized spacial score (nSPS) is 11.4. The highest BCUT2D eigenvalue weighted by atomic mass is 15.0. The number of amidine groups is 1. The number of nitrogens with zero attached hydrogens (tertiary/aromatic N) is 1. The summed E-state index contributed by atoms with van der Waals surface area (Å²) in [6.07, 6.45) is 2.26. The fourth-order valence-electron chi connectivity index (χ4n) is 3.11. The number of nitrogens with one attached hydrogen (secondary N) is 2. The van der Waals surface area contributed by atoms with Crippen molar-refractivity contribution in [1.29, 1.82) is 5.41 Å². The lowest BCUT2D eigenvalue weighted by Crippen LogP contribution is -2.44. The fraction of sp³-hybridized carbons (Fsp3) is 0.130. The van der Waals surface area contributed by atoms with E-state index in [1.807, 2.05) is 61.5 Å².